The Labute approximate surface area is 95.2 Å². The van der Waals surface area contributed by atoms with Crippen molar-refractivity contribution in [1.82, 2.24) is 0 Å². The number of hydrogen-bond donors (Lipinski definition) is 0. The van der Waals surface area contributed by atoms with Gasteiger partial charge in [0.2, 0.25) is 0 Å². The molecule has 1 aromatic rings. The fourth-order valence-electron chi connectivity index (χ4n) is 1.07. The van der Waals surface area contributed by atoms with E-state index in [9.17, 15) is 4.79 Å². The van der Waals surface area contributed by atoms with Crippen LogP contribution in [-0.2, 0) is 0 Å². The van der Waals surface area contributed by atoms with Gasteiger partial charge in [-0.05, 0) is 32.4 Å². The highest BCUT2D eigenvalue weighted by atomic mass is 35.5. The molecule has 2 nitrogen and oxygen atoms in total. The summed E-state index contributed by atoms with van der Waals surface area (Å²) in [5.41, 5.74) is 0.173. The Balaban J connectivity index is 3.07. The molecule has 0 N–H and O–H groups in total. The van der Waals surface area contributed by atoms with Gasteiger partial charge < -0.3 is 4.74 Å². The third-order valence-corrected chi connectivity index (χ3v) is 2.65. The highest BCUT2D eigenvalue weighted by Crippen LogP contribution is 2.31. The first kappa shape index (κ1) is 12.1. The van der Waals surface area contributed by atoms with Crippen LogP contribution in [0.15, 0.2) is 18.2 Å². The molecule has 0 aliphatic rings. The van der Waals surface area contributed by atoms with Gasteiger partial charge in [-0.25, -0.2) is 0 Å². The minimum absolute atomic E-state index is 0.317. The van der Waals surface area contributed by atoms with E-state index in [1.807, 2.05) is 20.8 Å². The molecule has 3 heteroatoms. The van der Waals surface area contributed by atoms with Gasteiger partial charge in [0.15, 0.2) is 6.29 Å². The normalized spacial score (nSPS) is 11.2. The molecule has 0 amide bonds. The van der Waals surface area contributed by atoms with Crippen molar-refractivity contribution in [3.8, 4) is 5.75 Å². The molecule has 0 heterocycles. The fourth-order valence-corrected chi connectivity index (χ4v) is 1.29. The van der Waals surface area contributed by atoms with Crippen LogP contribution < -0.4 is 4.74 Å². The van der Waals surface area contributed by atoms with E-state index in [4.69, 9.17) is 16.3 Å². The Morgan fingerprint density at radius 2 is 2.13 bits per heavy atom. The molecular formula is C12H15ClO2. The van der Waals surface area contributed by atoms with Crippen molar-refractivity contribution < 1.29 is 9.53 Å². The summed E-state index contributed by atoms with van der Waals surface area (Å²) in [6, 6.07) is 5.15. The molecule has 1 aromatic carbocycles. The van der Waals surface area contributed by atoms with Crippen LogP contribution in [0.5, 0.6) is 5.75 Å². The molecular weight excluding hydrogens is 212 g/mol. The standard InChI is InChI=1S/C12H15ClO2/c1-4-12(2,3)15-11-9(8-14)6-5-7-10(11)13/h5-8H,4H2,1-3H3. The van der Waals surface area contributed by atoms with Crippen LogP contribution in [0.2, 0.25) is 5.02 Å². The molecule has 1 rings (SSSR count). The lowest BCUT2D eigenvalue weighted by atomic mass is 10.1. The van der Waals surface area contributed by atoms with Gasteiger partial charge in [-0.3, -0.25) is 4.79 Å². The monoisotopic (exact) mass is 226 g/mol. The van der Waals surface area contributed by atoms with Gasteiger partial charge in [0.25, 0.3) is 0 Å². The molecule has 0 saturated carbocycles. The van der Waals surface area contributed by atoms with Crippen molar-refractivity contribution in [1.29, 1.82) is 0 Å². The summed E-state index contributed by atoms with van der Waals surface area (Å²) in [4.78, 5) is 10.8. The molecule has 0 saturated heterocycles. The predicted octanol–water partition coefficient (Wildman–Crippen LogP) is 3.72. The number of halogens is 1. The first-order valence-corrected chi connectivity index (χ1v) is 5.30. The Morgan fingerprint density at radius 1 is 1.47 bits per heavy atom. The van der Waals surface area contributed by atoms with Crippen LogP contribution in [0.4, 0.5) is 0 Å². The Morgan fingerprint density at radius 3 is 2.67 bits per heavy atom. The number of ether oxygens (including phenoxy) is 1. The molecule has 0 unspecified atom stereocenters. The zero-order valence-corrected chi connectivity index (χ0v) is 9.97. The summed E-state index contributed by atoms with van der Waals surface area (Å²) in [5.74, 6) is 0.473. The Hall–Kier alpha value is -1.02. The van der Waals surface area contributed by atoms with E-state index >= 15 is 0 Å². The van der Waals surface area contributed by atoms with Gasteiger partial charge >= 0.3 is 0 Å². The van der Waals surface area contributed by atoms with E-state index in [0.717, 1.165) is 12.7 Å². The van der Waals surface area contributed by atoms with E-state index in [1.54, 1.807) is 18.2 Å². The number of aldehydes is 1. The Kier molecular flexibility index (Phi) is 3.75. The molecule has 0 bridgehead atoms. The average Bonchev–Trinajstić information content (AvgIpc) is 2.21. The average molecular weight is 227 g/mol. The van der Waals surface area contributed by atoms with Crippen LogP contribution in [0.25, 0.3) is 0 Å². The number of rotatable bonds is 4. The first-order valence-electron chi connectivity index (χ1n) is 4.93. The maximum Gasteiger partial charge on any atom is 0.153 e. The second-order valence-corrected chi connectivity index (χ2v) is 4.40. The van der Waals surface area contributed by atoms with Crippen molar-refractivity contribution in [2.75, 3.05) is 0 Å². The van der Waals surface area contributed by atoms with Gasteiger partial charge in [-0.1, -0.05) is 24.6 Å². The highest BCUT2D eigenvalue weighted by Gasteiger charge is 2.20. The largest absolute Gasteiger partial charge is 0.486 e. The molecule has 82 valence electrons. The highest BCUT2D eigenvalue weighted by molar-refractivity contribution is 6.32. The number of para-hydroxylation sites is 1. The molecule has 0 fully saturated rings. The second-order valence-electron chi connectivity index (χ2n) is 3.99. The van der Waals surface area contributed by atoms with E-state index in [-0.39, 0.29) is 5.60 Å². The van der Waals surface area contributed by atoms with Gasteiger partial charge in [-0.15, -0.1) is 0 Å². The summed E-state index contributed by atoms with van der Waals surface area (Å²) in [5, 5.41) is 0.473. The summed E-state index contributed by atoms with van der Waals surface area (Å²) in [6.07, 6.45) is 1.60. The van der Waals surface area contributed by atoms with E-state index in [2.05, 4.69) is 0 Å². The quantitative estimate of drug-likeness (QED) is 0.732. The zero-order chi connectivity index (χ0) is 11.5. The molecule has 15 heavy (non-hydrogen) atoms. The maximum atomic E-state index is 10.8. The van der Waals surface area contributed by atoms with Crippen molar-refractivity contribution in [3.05, 3.63) is 28.8 Å². The smallest absolute Gasteiger partial charge is 0.153 e. The first-order chi connectivity index (χ1) is 7.00. The fraction of sp³-hybridized carbons (Fsp3) is 0.417. The van der Waals surface area contributed by atoms with Crippen LogP contribution in [0, 0.1) is 0 Å². The molecule has 0 atom stereocenters. The second kappa shape index (κ2) is 4.67. The third kappa shape index (κ3) is 2.96. The molecule has 0 aromatic heterocycles. The van der Waals surface area contributed by atoms with Crippen LogP contribution in [0.1, 0.15) is 37.6 Å². The summed E-state index contributed by atoms with van der Waals surface area (Å²) < 4.78 is 5.74. The number of benzene rings is 1. The van der Waals surface area contributed by atoms with Crippen LogP contribution in [-0.4, -0.2) is 11.9 Å². The van der Waals surface area contributed by atoms with E-state index in [0.29, 0.717) is 16.3 Å². The third-order valence-electron chi connectivity index (χ3n) is 2.35. The summed E-state index contributed by atoms with van der Waals surface area (Å²) in [7, 11) is 0. The van der Waals surface area contributed by atoms with E-state index in [1.165, 1.54) is 0 Å². The van der Waals surface area contributed by atoms with Crippen LogP contribution in [0.3, 0.4) is 0 Å². The zero-order valence-electron chi connectivity index (χ0n) is 9.21. The van der Waals surface area contributed by atoms with Crippen molar-refractivity contribution >= 4 is 17.9 Å². The number of carbonyl (C=O) groups excluding carboxylic acids is 1. The molecule has 0 radical (unpaired) electrons. The SMILES string of the molecule is CCC(C)(C)Oc1c(Cl)cccc1C=O. The Bertz CT molecular complexity index is 359. The number of carbonyl (C=O) groups is 1. The van der Waals surface area contributed by atoms with Crippen molar-refractivity contribution in [2.24, 2.45) is 0 Å². The lowest BCUT2D eigenvalue weighted by Crippen LogP contribution is -2.27. The molecule has 0 aliphatic heterocycles. The van der Waals surface area contributed by atoms with E-state index < -0.39 is 0 Å². The summed E-state index contributed by atoms with van der Waals surface area (Å²) in [6.45, 7) is 5.95. The van der Waals surface area contributed by atoms with Gasteiger partial charge in [0.05, 0.1) is 10.6 Å². The lowest BCUT2D eigenvalue weighted by Gasteiger charge is -2.26. The number of hydrogen-bond acceptors (Lipinski definition) is 2. The van der Waals surface area contributed by atoms with Crippen LogP contribution >= 0.6 is 11.6 Å². The predicted molar refractivity (Wildman–Crippen MR) is 61.8 cm³/mol. The maximum absolute atomic E-state index is 10.8. The molecule has 0 spiro atoms. The minimum Gasteiger partial charge on any atom is -0.486 e. The van der Waals surface area contributed by atoms with Gasteiger partial charge in [0, 0.05) is 0 Å². The topological polar surface area (TPSA) is 26.3 Å². The van der Waals surface area contributed by atoms with Crippen molar-refractivity contribution in [2.45, 2.75) is 32.8 Å². The lowest BCUT2D eigenvalue weighted by molar-refractivity contribution is 0.100. The van der Waals surface area contributed by atoms with Gasteiger partial charge in [-0.2, -0.15) is 0 Å². The molecule has 0 aliphatic carbocycles. The summed E-state index contributed by atoms with van der Waals surface area (Å²) >= 11 is 5.99. The van der Waals surface area contributed by atoms with Crippen molar-refractivity contribution in [3.63, 3.8) is 0 Å². The van der Waals surface area contributed by atoms with Gasteiger partial charge in [0.1, 0.15) is 11.4 Å². The minimum atomic E-state index is -0.317.